The Hall–Kier alpha value is -3.04. The largest absolute Gasteiger partial charge is 0.502 e. The number of hydrogen-bond acceptors (Lipinski definition) is 5. The molecule has 7 nitrogen and oxygen atoms in total. The highest BCUT2D eigenvalue weighted by molar-refractivity contribution is 7.89. The lowest BCUT2D eigenvalue weighted by Crippen LogP contribution is -2.33. The zero-order chi connectivity index (χ0) is 19.8. The van der Waals surface area contributed by atoms with Gasteiger partial charge in [0.2, 0.25) is 10.0 Å². The molecule has 27 heavy (non-hydrogen) atoms. The van der Waals surface area contributed by atoms with Gasteiger partial charge in [-0.15, -0.1) is 0 Å². The van der Waals surface area contributed by atoms with E-state index in [1.807, 2.05) is 0 Å². The van der Waals surface area contributed by atoms with Gasteiger partial charge in [-0.05, 0) is 41.8 Å². The highest BCUT2D eigenvalue weighted by Crippen LogP contribution is 2.28. The fourth-order valence-corrected chi connectivity index (χ4v) is 3.25. The summed E-state index contributed by atoms with van der Waals surface area (Å²) in [6.07, 6.45) is 0.256. The topological polar surface area (TPSA) is 118 Å². The standard InChI is InChI=1S/C18H15FN2O5S/c19-13-5-3-12(4-6-13)15-16(22)18(24)21(17(15)23)10-9-11-1-7-14(8-2-11)27(20,25)26/h1-8,22H,9-10H2,(H2,20,25,26). The molecule has 0 spiro atoms. The Kier molecular flexibility index (Phi) is 4.81. The van der Waals surface area contributed by atoms with E-state index in [1.54, 1.807) is 0 Å². The van der Waals surface area contributed by atoms with Crippen molar-refractivity contribution in [2.45, 2.75) is 11.3 Å². The van der Waals surface area contributed by atoms with E-state index in [-0.39, 0.29) is 29.0 Å². The number of benzene rings is 2. The molecule has 3 rings (SSSR count). The van der Waals surface area contributed by atoms with Gasteiger partial charge in [0.15, 0.2) is 5.76 Å². The molecule has 3 N–H and O–H groups in total. The van der Waals surface area contributed by atoms with Gasteiger partial charge in [0.05, 0.1) is 10.5 Å². The minimum absolute atomic E-state index is 0.0128. The van der Waals surface area contributed by atoms with Crippen LogP contribution in [0.4, 0.5) is 4.39 Å². The van der Waals surface area contributed by atoms with E-state index in [2.05, 4.69) is 0 Å². The van der Waals surface area contributed by atoms with Gasteiger partial charge in [-0.25, -0.2) is 17.9 Å². The van der Waals surface area contributed by atoms with Gasteiger partial charge in [0.25, 0.3) is 11.8 Å². The molecule has 0 saturated carbocycles. The van der Waals surface area contributed by atoms with Crippen molar-refractivity contribution in [3.63, 3.8) is 0 Å². The van der Waals surface area contributed by atoms with Crippen LogP contribution in [-0.4, -0.2) is 36.8 Å². The van der Waals surface area contributed by atoms with Crippen LogP contribution in [0.5, 0.6) is 0 Å². The second-order valence-corrected chi connectivity index (χ2v) is 7.49. The third-order valence-corrected chi connectivity index (χ3v) is 5.08. The minimum atomic E-state index is -3.80. The van der Waals surface area contributed by atoms with E-state index < -0.39 is 33.4 Å². The van der Waals surface area contributed by atoms with Crippen molar-refractivity contribution in [1.82, 2.24) is 4.90 Å². The zero-order valence-corrected chi connectivity index (χ0v) is 14.7. The average Bonchev–Trinajstić information content (AvgIpc) is 2.83. The fraction of sp³-hybridized carbons (Fsp3) is 0.111. The molecule has 0 unspecified atom stereocenters. The Morgan fingerprint density at radius 3 is 2.11 bits per heavy atom. The Morgan fingerprint density at radius 1 is 0.963 bits per heavy atom. The van der Waals surface area contributed by atoms with Crippen LogP contribution in [0.1, 0.15) is 11.1 Å². The number of rotatable bonds is 5. The summed E-state index contributed by atoms with van der Waals surface area (Å²) >= 11 is 0. The van der Waals surface area contributed by atoms with Gasteiger partial charge in [-0.2, -0.15) is 0 Å². The van der Waals surface area contributed by atoms with Gasteiger partial charge in [-0.1, -0.05) is 24.3 Å². The number of primary sulfonamides is 1. The van der Waals surface area contributed by atoms with E-state index in [9.17, 15) is 27.5 Å². The number of halogens is 1. The monoisotopic (exact) mass is 390 g/mol. The molecule has 1 aliphatic heterocycles. The Morgan fingerprint density at radius 2 is 1.56 bits per heavy atom. The lowest BCUT2D eigenvalue weighted by Gasteiger charge is -2.14. The van der Waals surface area contributed by atoms with Gasteiger partial charge in [-0.3, -0.25) is 14.5 Å². The van der Waals surface area contributed by atoms with Crippen LogP contribution in [0.2, 0.25) is 0 Å². The number of aliphatic hydroxyl groups excluding tert-OH is 1. The number of carbonyl (C=O) groups is 2. The van der Waals surface area contributed by atoms with Crippen LogP contribution in [0.3, 0.4) is 0 Å². The molecule has 1 heterocycles. The zero-order valence-electron chi connectivity index (χ0n) is 13.9. The van der Waals surface area contributed by atoms with Crippen molar-refractivity contribution < 1.29 is 27.5 Å². The second kappa shape index (κ2) is 6.93. The Bertz CT molecular complexity index is 1040. The van der Waals surface area contributed by atoms with Crippen molar-refractivity contribution in [1.29, 1.82) is 0 Å². The molecule has 0 bridgehead atoms. The summed E-state index contributed by atoms with van der Waals surface area (Å²) < 4.78 is 35.5. The van der Waals surface area contributed by atoms with Crippen molar-refractivity contribution in [2.75, 3.05) is 6.54 Å². The lowest BCUT2D eigenvalue weighted by atomic mass is 10.1. The average molecular weight is 390 g/mol. The molecule has 2 aromatic rings. The molecule has 0 atom stereocenters. The third kappa shape index (κ3) is 3.74. The predicted octanol–water partition coefficient (Wildman–Crippen LogP) is 1.35. The van der Waals surface area contributed by atoms with Gasteiger partial charge in [0, 0.05) is 6.54 Å². The molecule has 140 valence electrons. The lowest BCUT2D eigenvalue weighted by molar-refractivity contribution is -0.138. The summed E-state index contributed by atoms with van der Waals surface area (Å²) in [6.45, 7) is -0.0128. The SMILES string of the molecule is NS(=O)(=O)c1ccc(CCN2C(=O)C(O)=C(c3ccc(F)cc3)C2=O)cc1. The number of nitrogens with two attached hydrogens (primary N) is 1. The first-order valence-electron chi connectivity index (χ1n) is 7.85. The highest BCUT2D eigenvalue weighted by Gasteiger charge is 2.38. The first-order chi connectivity index (χ1) is 12.7. The summed E-state index contributed by atoms with van der Waals surface area (Å²) in [6, 6.07) is 10.6. The molecule has 2 amide bonds. The van der Waals surface area contributed by atoms with E-state index in [0.29, 0.717) is 5.56 Å². The number of nitrogens with zero attached hydrogens (tertiary/aromatic N) is 1. The van der Waals surface area contributed by atoms with Gasteiger partial charge < -0.3 is 5.11 Å². The maximum Gasteiger partial charge on any atom is 0.296 e. The van der Waals surface area contributed by atoms with Crippen LogP contribution in [0, 0.1) is 5.82 Å². The molecule has 1 aliphatic rings. The van der Waals surface area contributed by atoms with Crippen LogP contribution >= 0.6 is 0 Å². The quantitative estimate of drug-likeness (QED) is 0.748. The van der Waals surface area contributed by atoms with Crippen molar-refractivity contribution in [2.24, 2.45) is 5.14 Å². The van der Waals surface area contributed by atoms with Gasteiger partial charge >= 0.3 is 0 Å². The number of aliphatic hydroxyl groups is 1. The van der Waals surface area contributed by atoms with Crippen molar-refractivity contribution in [3.8, 4) is 0 Å². The van der Waals surface area contributed by atoms with Crippen LogP contribution in [0.15, 0.2) is 59.2 Å². The summed E-state index contributed by atoms with van der Waals surface area (Å²) in [7, 11) is -3.80. The highest BCUT2D eigenvalue weighted by atomic mass is 32.2. The maximum atomic E-state index is 13.0. The number of hydrogen-bond donors (Lipinski definition) is 2. The van der Waals surface area contributed by atoms with Crippen LogP contribution in [-0.2, 0) is 26.0 Å². The fourth-order valence-electron chi connectivity index (χ4n) is 2.73. The molecule has 0 aliphatic carbocycles. The maximum absolute atomic E-state index is 13.0. The molecular weight excluding hydrogens is 375 g/mol. The van der Waals surface area contributed by atoms with Crippen LogP contribution in [0.25, 0.3) is 5.57 Å². The molecule has 9 heteroatoms. The number of amides is 2. The molecule has 0 aromatic heterocycles. The second-order valence-electron chi connectivity index (χ2n) is 5.93. The van der Waals surface area contributed by atoms with E-state index >= 15 is 0 Å². The summed E-state index contributed by atoms with van der Waals surface area (Å²) in [4.78, 5) is 25.6. The first kappa shape index (κ1) is 18.7. The molecule has 0 saturated heterocycles. The van der Waals surface area contributed by atoms with Gasteiger partial charge in [0.1, 0.15) is 5.82 Å². The number of imide groups is 1. The number of carbonyl (C=O) groups excluding carboxylic acids is 2. The molecule has 2 aromatic carbocycles. The first-order valence-corrected chi connectivity index (χ1v) is 9.40. The summed E-state index contributed by atoms with van der Waals surface area (Å²) in [5.41, 5.74) is 0.745. The Labute approximate surface area is 154 Å². The van der Waals surface area contributed by atoms with Crippen molar-refractivity contribution >= 4 is 27.4 Å². The van der Waals surface area contributed by atoms with Crippen molar-refractivity contribution in [3.05, 3.63) is 71.2 Å². The van der Waals surface area contributed by atoms with E-state index in [4.69, 9.17) is 5.14 Å². The smallest absolute Gasteiger partial charge is 0.296 e. The number of sulfonamides is 1. The Balaban J connectivity index is 1.75. The van der Waals surface area contributed by atoms with Crippen LogP contribution < -0.4 is 5.14 Å². The third-order valence-electron chi connectivity index (χ3n) is 4.15. The molecular formula is C18H15FN2O5S. The molecule has 0 fully saturated rings. The van der Waals surface area contributed by atoms with E-state index in [0.717, 1.165) is 17.0 Å². The molecule has 0 radical (unpaired) electrons. The predicted molar refractivity (Wildman–Crippen MR) is 94.2 cm³/mol. The minimum Gasteiger partial charge on any atom is -0.502 e. The summed E-state index contributed by atoms with van der Waals surface area (Å²) in [5, 5.41) is 15.1. The summed E-state index contributed by atoms with van der Waals surface area (Å²) in [5.74, 6) is -2.70. The van der Waals surface area contributed by atoms with E-state index in [1.165, 1.54) is 36.4 Å². The normalized spacial score (nSPS) is 15.0.